The number of aliphatic imine (C=N–C) groups is 2. The van der Waals surface area contributed by atoms with E-state index in [9.17, 15) is 0 Å². The van der Waals surface area contributed by atoms with Crippen molar-refractivity contribution in [2.45, 2.75) is 17.0 Å². The summed E-state index contributed by atoms with van der Waals surface area (Å²) in [7, 11) is 0. The molecule has 3 nitrogen and oxygen atoms in total. The molecule has 13 rings (SSSR count). The maximum atomic E-state index is 5.36. The lowest BCUT2D eigenvalue weighted by Gasteiger charge is -2.49. The molecule has 9 aromatic rings. The van der Waals surface area contributed by atoms with Gasteiger partial charge < -0.3 is 5.32 Å². The minimum Gasteiger partial charge on any atom is -0.344 e. The van der Waals surface area contributed by atoms with Crippen molar-refractivity contribution in [3.05, 3.63) is 286 Å². The molecule has 0 amide bonds. The van der Waals surface area contributed by atoms with Crippen LogP contribution in [0.25, 0.3) is 33.4 Å². The molecule has 1 atom stereocenters. The van der Waals surface area contributed by atoms with Crippen LogP contribution in [0.5, 0.6) is 0 Å². The molecule has 9 aromatic carbocycles. The average molecular weight is 790 g/mol. The highest BCUT2D eigenvalue weighted by atomic mass is 15.2. The molecule has 1 unspecified atom stereocenters. The van der Waals surface area contributed by atoms with E-state index in [2.05, 4.69) is 218 Å². The quantitative estimate of drug-likeness (QED) is 0.189. The van der Waals surface area contributed by atoms with Crippen LogP contribution in [0.2, 0.25) is 0 Å². The first-order valence-corrected chi connectivity index (χ1v) is 21.5. The van der Waals surface area contributed by atoms with Crippen molar-refractivity contribution in [2.75, 3.05) is 0 Å². The predicted molar refractivity (Wildman–Crippen MR) is 252 cm³/mol. The first-order chi connectivity index (χ1) is 30.8. The fraction of sp³-hybridized carbons (Fsp3) is 0.0508. The highest BCUT2D eigenvalue weighted by Crippen LogP contribution is 2.67. The number of hydrogen-bond donors (Lipinski definition) is 1. The number of rotatable bonds is 4. The van der Waals surface area contributed by atoms with E-state index in [4.69, 9.17) is 9.98 Å². The van der Waals surface area contributed by atoms with Crippen LogP contribution in [0.1, 0.15) is 67.4 Å². The van der Waals surface area contributed by atoms with Gasteiger partial charge in [-0.3, -0.25) is 0 Å². The van der Waals surface area contributed by atoms with Gasteiger partial charge in [-0.15, -0.1) is 0 Å². The molecule has 0 radical (unpaired) electrons. The number of fused-ring (bicyclic) bond motifs is 16. The Bertz CT molecular complexity index is 3250. The molecule has 0 bridgehead atoms. The van der Waals surface area contributed by atoms with Gasteiger partial charge in [-0.2, -0.15) is 0 Å². The highest BCUT2D eigenvalue weighted by Gasteiger charge is 2.59. The zero-order valence-corrected chi connectivity index (χ0v) is 33.8. The van der Waals surface area contributed by atoms with Crippen LogP contribution < -0.4 is 5.32 Å². The third-order valence-corrected chi connectivity index (χ3v) is 13.9. The molecule has 62 heavy (non-hydrogen) atoms. The molecule has 4 aliphatic rings. The zero-order chi connectivity index (χ0) is 40.8. The fourth-order valence-electron chi connectivity index (χ4n) is 11.5. The van der Waals surface area contributed by atoms with Crippen molar-refractivity contribution < 1.29 is 0 Å². The molecule has 1 heterocycles. The summed E-state index contributed by atoms with van der Waals surface area (Å²) in [6.45, 7) is 0. The molecule has 3 aliphatic carbocycles. The molecule has 0 saturated carbocycles. The normalized spacial score (nSPS) is 16.5. The van der Waals surface area contributed by atoms with Crippen LogP contribution in [0.15, 0.2) is 234 Å². The second-order valence-electron chi connectivity index (χ2n) is 16.8. The summed E-state index contributed by atoms with van der Waals surface area (Å²) in [4.78, 5) is 10.7. The molecule has 0 fully saturated rings. The number of hydrogen-bond acceptors (Lipinski definition) is 3. The molecule has 1 aliphatic heterocycles. The van der Waals surface area contributed by atoms with Gasteiger partial charge in [-0.1, -0.05) is 218 Å². The van der Waals surface area contributed by atoms with Crippen LogP contribution in [-0.2, 0) is 10.8 Å². The first kappa shape index (κ1) is 34.9. The minimum atomic E-state index is -0.578. The molecule has 2 spiro atoms. The SMILES string of the molecule is c1ccc(C2=NC(c3ccccc3-c3ccc4c(c3)C3(c5ccccc5-c5ccccc53)c3ccccc3C43c4ccccc4-c4ccccc43)=NC(c3ccccc3)N2)cc1. The summed E-state index contributed by atoms with van der Waals surface area (Å²) in [6, 6.07) is 82.5. The third kappa shape index (κ3) is 4.65. The van der Waals surface area contributed by atoms with E-state index >= 15 is 0 Å². The summed E-state index contributed by atoms with van der Waals surface area (Å²) >= 11 is 0. The largest absolute Gasteiger partial charge is 0.344 e. The Morgan fingerprint density at radius 3 is 1.26 bits per heavy atom. The van der Waals surface area contributed by atoms with E-state index in [1.165, 1.54) is 66.8 Å². The van der Waals surface area contributed by atoms with Crippen LogP contribution in [-0.4, -0.2) is 11.7 Å². The minimum absolute atomic E-state index is 0.302. The van der Waals surface area contributed by atoms with E-state index in [0.29, 0.717) is 5.84 Å². The lowest BCUT2D eigenvalue weighted by atomic mass is 9.52. The Kier molecular flexibility index (Phi) is 7.50. The van der Waals surface area contributed by atoms with Crippen molar-refractivity contribution in [3.8, 4) is 33.4 Å². The standard InChI is InChI=1S/C59H39N3/c1-3-19-38(20-4-1)55-60-56(39-21-5-2-6-22-39)62-57(61-55)46-28-8-7-23-41(46)40-35-36-53-54(37-40)59(49-31-15-11-26-44(49)45-27-12-16-32-50(45)59)52-34-18-17-33-51(52)58(53)47-29-13-9-24-42(47)43-25-10-14-30-48(43)58/h1-37,55H,(H,60,61,62). The molecule has 1 N–H and O–H groups in total. The Morgan fingerprint density at radius 1 is 0.323 bits per heavy atom. The van der Waals surface area contributed by atoms with Gasteiger partial charge in [0.1, 0.15) is 12.0 Å². The predicted octanol–water partition coefficient (Wildman–Crippen LogP) is 12.9. The van der Waals surface area contributed by atoms with Crippen molar-refractivity contribution in [3.63, 3.8) is 0 Å². The molecule has 0 saturated heterocycles. The van der Waals surface area contributed by atoms with E-state index in [1.807, 2.05) is 12.1 Å². The number of benzene rings is 9. The summed E-state index contributed by atoms with van der Waals surface area (Å²) < 4.78 is 0. The second kappa shape index (κ2) is 13.3. The Morgan fingerprint density at radius 2 is 0.726 bits per heavy atom. The molecule has 0 aromatic heterocycles. The molecule has 290 valence electrons. The number of nitrogens with one attached hydrogen (secondary N) is 1. The fourth-order valence-corrected chi connectivity index (χ4v) is 11.5. The Balaban J connectivity index is 1.12. The van der Waals surface area contributed by atoms with Gasteiger partial charge in [-0.05, 0) is 89.5 Å². The van der Waals surface area contributed by atoms with Gasteiger partial charge in [-0.25, -0.2) is 9.98 Å². The van der Waals surface area contributed by atoms with Gasteiger partial charge in [0.05, 0.1) is 10.8 Å². The molecular formula is C59H39N3. The van der Waals surface area contributed by atoms with Crippen LogP contribution in [0.3, 0.4) is 0 Å². The third-order valence-electron chi connectivity index (χ3n) is 13.9. The van der Waals surface area contributed by atoms with E-state index < -0.39 is 10.8 Å². The monoisotopic (exact) mass is 789 g/mol. The summed E-state index contributed by atoms with van der Waals surface area (Å²) in [5, 5.41) is 3.65. The summed E-state index contributed by atoms with van der Waals surface area (Å²) in [5.41, 5.74) is 20.0. The lowest BCUT2D eigenvalue weighted by molar-refractivity contribution is 0.633. The summed E-state index contributed by atoms with van der Waals surface area (Å²) in [6.07, 6.45) is -0.302. The Labute approximate surface area is 361 Å². The first-order valence-electron chi connectivity index (χ1n) is 21.5. The van der Waals surface area contributed by atoms with Crippen molar-refractivity contribution in [2.24, 2.45) is 9.98 Å². The number of nitrogens with zero attached hydrogens (tertiary/aromatic N) is 2. The van der Waals surface area contributed by atoms with Gasteiger partial charge >= 0.3 is 0 Å². The second-order valence-corrected chi connectivity index (χ2v) is 16.8. The lowest BCUT2D eigenvalue weighted by Crippen LogP contribution is -2.43. The van der Waals surface area contributed by atoms with Crippen LogP contribution in [0, 0.1) is 0 Å². The van der Waals surface area contributed by atoms with Crippen LogP contribution in [0.4, 0.5) is 0 Å². The smallest absolute Gasteiger partial charge is 0.160 e. The maximum Gasteiger partial charge on any atom is 0.160 e. The molecule has 3 heteroatoms. The maximum absolute atomic E-state index is 5.36. The average Bonchev–Trinajstić information content (AvgIpc) is 3.82. The van der Waals surface area contributed by atoms with Gasteiger partial charge in [0.2, 0.25) is 0 Å². The summed E-state index contributed by atoms with van der Waals surface area (Å²) in [5.74, 6) is 1.51. The highest BCUT2D eigenvalue weighted by molar-refractivity contribution is 6.15. The topological polar surface area (TPSA) is 36.8 Å². The van der Waals surface area contributed by atoms with Crippen molar-refractivity contribution in [1.82, 2.24) is 5.32 Å². The van der Waals surface area contributed by atoms with Crippen LogP contribution >= 0.6 is 0 Å². The molecular weight excluding hydrogens is 751 g/mol. The van der Waals surface area contributed by atoms with Gasteiger partial charge in [0.15, 0.2) is 5.84 Å². The van der Waals surface area contributed by atoms with Crippen molar-refractivity contribution in [1.29, 1.82) is 0 Å². The van der Waals surface area contributed by atoms with Crippen molar-refractivity contribution >= 4 is 11.7 Å². The Hall–Kier alpha value is -7.88. The van der Waals surface area contributed by atoms with E-state index in [1.54, 1.807) is 0 Å². The number of amidine groups is 2. The van der Waals surface area contributed by atoms with E-state index in [0.717, 1.165) is 33.7 Å². The van der Waals surface area contributed by atoms with Gasteiger partial charge in [0, 0.05) is 11.1 Å². The zero-order valence-electron chi connectivity index (χ0n) is 33.8. The van der Waals surface area contributed by atoms with Gasteiger partial charge in [0.25, 0.3) is 0 Å². The van der Waals surface area contributed by atoms with E-state index in [-0.39, 0.29) is 6.17 Å².